The highest BCUT2D eigenvalue weighted by Crippen LogP contribution is 2.27. The molecule has 31 heavy (non-hydrogen) atoms. The van der Waals surface area contributed by atoms with Gasteiger partial charge in [0.05, 0.1) is 23.7 Å². The molecule has 0 saturated carbocycles. The van der Waals surface area contributed by atoms with Crippen molar-refractivity contribution < 1.29 is 14.3 Å². The highest BCUT2D eigenvalue weighted by Gasteiger charge is 2.16. The summed E-state index contributed by atoms with van der Waals surface area (Å²) in [7, 11) is 0. The molecule has 1 aromatic heterocycles. The summed E-state index contributed by atoms with van der Waals surface area (Å²) in [5.41, 5.74) is 1.80. The summed E-state index contributed by atoms with van der Waals surface area (Å²) in [5.74, 6) is 1.35. The number of fused-ring (bicyclic) bond motifs is 2. The second-order valence-electron chi connectivity index (χ2n) is 7.35. The van der Waals surface area contributed by atoms with Crippen LogP contribution in [0.25, 0.3) is 21.8 Å². The van der Waals surface area contributed by atoms with E-state index in [1.807, 2.05) is 66.9 Å². The van der Waals surface area contributed by atoms with E-state index in [1.54, 1.807) is 11.8 Å². The summed E-state index contributed by atoms with van der Waals surface area (Å²) in [6.45, 7) is 4.60. The summed E-state index contributed by atoms with van der Waals surface area (Å²) in [5, 5.41) is 3.06. The number of carbonyl (C=O) groups excluding carboxylic acids is 1. The van der Waals surface area contributed by atoms with Crippen LogP contribution in [0.3, 0.4) is 0 Å². The highest BCUT2D eigenvalue weighted by atomic mass is 32.2. The smallest absolute Gasteiger partial charge is 0.326 e. The third kappa shape index (κ3) is 5.02. The van der Waals surface area contributed by atoms with Gasteiger partial charge in [-0.05, 0) is 36.9 Å². The van der Waals surface area contributed by atoms with Gasteiger partial charge in [-0.1, -0.05) is 67.2 Å². The average molecular weight is 435 g/mol. The first-order chi connectivity index (χ1) is 15.2. The third-order valence-corrected chi connectivity index (χ3v) is 6.08. The minimum atomic E-state index is -0.244. The number of ether oxygens (including phenoxy) is 2. The van der Waals surface area contributed by atoms with Crippen molar-refractivity contribution in [2.75, 3.05) is 12.4 Å². The van der Waals surface area contributed by atoms with Crippen molar-refractivity contribution in [3.8, 4) is 5.75 Å². The lowest BCUT2D eigenvalue weighted by Gasteiger charge is -2.13. The Hall–Kier alpha value is -2.99. The number of rotatable bonds is 9. The Bertz CT molecular complexity index is 1180. The molecule has 4 aromatic rings. The Kier molecular flexibility index (Phi) is 6.77. The van der Waals surface area contributed by atoms with Crippen LogP contribution in [0.4, 0.5) is 0 Å². The number of nitrogens with zero attached hydrogens (tertiary/aromatic N) is 2. The van der Waals surface area contributed by atoms with E-state index in [0.717, 1.165) is 39.1 Å². The van der Waals surface area contributed by atoms with E-state index in [0.29, 0.717) is 12.4 Å². The summed E-state index contributed by atoms with van der Waals surface area (Å²) in [6, 6.07) is 22.1. The molecule has 1 unspecified atom stereocenters. The molecule has 6 heteroatoms. The van der Waals surface area contributed by atoms with Crippen LogP contribution in [-0.4, -0.2) is 34.0 Å². The van der Waals surface area contributed by atoms with Gasteiger partial charge in [-0.15, -0.1) is 0 Å². The van der Waals surface area contributed by atoms with Crippen LogP contribution < -0.4 is 4.74 Å². The van der Waals surface area contributed by atoms with Crippen molar-refractivity contribution in [3.05, 3.63) is 66.7 Å². The summed E-state index contributed by atoms with van der Waals surface area (Å²) < 4.78 is 13.5. The van der Waals surface area contributed by atoms with Gasteiger partial charge in [-0.2, -0.15) is 0 Å². The third-order valence-electron chi connectivity index (χ3n) is 5.14. The minimum absolute atomic E-state index is 0.0903. The zero-order valence-electron chi connectivity index (χ0n) is 17.8. The standard InChI is InChI=1S/C25H26N2O3S/c1-3-18(2)30-24(28)17-27-22-13-7-6-12-21(22)26-25(27)31-16-15-29-23-14-8-10-19-9-4-5-11-20(19)23/h4-14,18H,3,15-17H2,1-2H3. The number of para-hydroxylation sites is 2. The van der Waals surface area contributed by atoms with Gasteiger partial charge in [-0.3, -0.25) is 4.79 Å². The molecule has 3 aromatic carbocycles. The first-order valence-corrected chi connectivity index (χ1v) is 11.5. The van der Waals surface area contributed by atoms with E-state index in [-0.39, 0.29) is 18.6 Å². The van der Waals surface area contributed by atoms with Crippen LogP contribution in [0, 0.1) is 0 Å². The number of hydrogen-bond acceptors (Lipinski definition) is 5. The van der Waals surface area contributed by atoms with E-state index in [9.17, 15) is 4.79 Å². The number of aromatic nitrogens is 2. The zero-order chi connectivity index (χ0) is 21.6. The van der Waals surface area contributed by atoms with E-state index in [4.69, 9.17) is 14.5 Å². The number of carbonyl (C=O) groups is 1. The number of imidazole rings is 1. The Labute approximate surface area is 186 Å². The fraction of sp³-hybridized carbons (Fsp3) is 0.280. The van der Waals surface area contributed by atoms with Crippen LogP contribution in [-0.2, 0) is 16.1 Å². The molecule has 0 amide bonds. The highest BCUT2D eigenvalue weighted by molar-refractivity contribution is 7.99. The predicted octanol–water partition coefficient (Wildman–Crippen LogP) is 5.70. The molecule has 0 bridgehead atoms. The van der Waals surface area contributed by atoms with Gasteiger partial charge >= 0.3 is 5.97 Å². The summed E-state index contributed by atoms with van der Waals surface area (Å²) >= 11 is 1.58. The monoisotopic (exact) mass is 434 g/mol. The molecule has 0 aliphatic carbocycles. The number of thioether (sulfide) groups is 1. The van der Waals surface area contributed by atoms with E-state index in [1.165, 1.54) is 0 Å². The van der Waals surface area contributed by atoms with Crippen molar-refractivity contribution in [2.24, 2.45) is 0 Å². The van der Waals surface area contributed by atoms with Gasteiger partial charge < -0.3 is 14.0 Å². The van der Waals surface area contributed by atoms with Crippen molar-refractivity contribution >= 4 is 39.5 Å². The Morgan fingerprint density at radius 2 is 1.84 bits per heavy atom. The second kappa shape index (κ2) is 9.88. The summed E-state index contributed by atoms with van der Waals surface area (Å²) in [6.07, 6.45) is 0.705. The number of hydrogen-bond donors (Lipinski definition) is 0. The second-order valence-corrected chi connectivity index (χ2v) is 8.41. The largest absolute Gasteiger partial charge is 0.492 e. The van der Waals surface area contributed by atoms with Crippen LogP contribution >= 0.6 is 11.8 Å². The molecule has 1 heterocycles. The van der Waals surface area contributed by atoms with Crippen molar-refractivity contribution in [3.63, 3.8) is 0 Å². The Morgan fingerprint density at radius 3 is 2.71 bits per heavy atom. The van der Waals surface area contributed by atoms with Gasteiger partial charge in [0.2, 0.25) is 0 Å². The van der Waals surface area contributed by atoms with Gasteiger partial charge in [0.25, 0.3) is 0 Å². The predicted molar refractivity (Wildman–Crippen MR) is 126 cm³/mol. The average Bonchev–Trinajstić information content (AvgIpc) is 3.13. The molecule has 0 aliphatic rings. The SMILES string of the molecule is CCC(C)OC(=O)Cn1c(SCCOc2cccc3ccccc23)nc2ccccc21. The first kappa shape index (κ1) is 21.2. The van der Waals surface area contributed by atoms with Gasteiger partial charge in [0.15, 0.2) is 5.16 Å². The molecule has 160 valence electrons. The quantitative estimate of drug-likeness (QED) is 0.192. The molecule has 0 radical (unpaired) electrons. The fourth-order valence-corrected chi connectivity index (χ4v) is 4.23. The van der Waals surface area contributed by atoms with Crippen LogP contribution in [0.5, 0.6) is 5.75 Å². The van der Waals surface area contributed by atoms with Gasteiger partial charge in [-0.25, -0.2) is 4.98 Å². The fourth-order valence-electron chi connectivity index (χ4n) is 3.40. The lowest BCUT2D eigenvalue weighted by atomic mass is 10.1. The normalized spacial score (nSPS) is 12.2. The number of benzene rings is 3. The Morgan fingerprint density at radius 1 is 1.06 bits per heavy atom. The molecular formula is C25H26N2O3S. The zero-order valence-corrected chi connectivity index (χ0v) is 18.6. The van der Waals surface area contributed by atoms with E-state index in [2.05, 4.69) is 18.2 Å². The van der Waals surface area contributed by atoms with Gasteiger partial charge in [0, 0.05) is 11.1 Å². The van der Waals surface area contributed by atoms with Crippen LogP contribution in [0.2, 0.25) is 0 Å². The summed E-state index contributed by atoms with van der Waals surface area (Å²) in [4.78, 5) is 17.1. The molecule has 0 saturated heterocycles. The minimum Gasteiger partial charge on any atom is -0.492 e. The van der Waals surface area contributed by atoms with Gasteiger partial charge in [0.1, 0.15) is 12.3 Å². The molecule has 0 fully saturated rings. The van der Waals surface area contributed by atoms with Crippen molar-refractivity contribution in [1.82, 2.24) is 9.55 Å². The Balaban J connectivity index is 1.45. The van der Waals surface area contributed by atoms with Crippen molar-refractivity contribution in [2.45, 2.75) is 38.1 Å². The molecule has 5 nitrogen and oxygen atoms in total. The molecule has 0 aliphatic heterocycles. The lowest BCUT2D eigenvalue weighted by molar-refractivity contribution is -0.149. The van der Waals surface area contributed by atoms with E-state index >= 15 is 0 Å². The molecule has 0 spiro atoms. The van der Waals surface area contributed by atoms with Crippen molar-refractivity contribution in [1.29, 1.82) is 0 Å². The maximum atomic E-state index is 12.4. The van der Waals surface area contributed by atoms with Crippen LogP contribution in [0.15, 0.2) is 71.9 Å². The topological polar surface area (TPSA) is 53.4 Å². The van der Waals surface area contributed by atoms with Crippen LogP contribution in [0.1, 0.15) is 20.3 Å². The molecular weight excluding hydrogens is 408 g/mol. The maximum Gasteiger partial charge on any atom is 0.326 e. The van der Waals surface area contributed by atoms with E-state index < -0.39 is 0 Å². The molecule has 4 rings (SSSR count). The molecule has 0 N–H and O–H groups in total. The lowest BCUT2D eigenvalue weighted by Crippen LogP contribution is -2.19. The maximum absolute atomic E-state index is 12.4. The first-order valence-electron chi connectivity index (χ1n) is 10.5. The number of esters is 1. The molecule has 1 atom stereocenters.